The van der Waals surface area contributed by atoms with Crippen molar-refractivity contribution in [3.8, 4) is 0 Å². The van der Waals surface area contributed by atoms with E-state index in [0.717, 1.165) is 11.8 Å². The van der Waals surface area contributed by atoms with Crippen molar-refractivity contribution in [2.75, 3.05) is 11.6 Å². The van der Waals surface area contributed by atoms with Gasteiger partial charge in [-0.1, -0.05) is 23.7 Å². The van der Waals surface area contributed by atoms with E-state index in [0.29, 0.717) is 10.7 Å². The number of carbonyl (C=O) groups is 1. The molecule has 6 heteroatoms. The van der Waals surface area contributed by atoms with Gasteiger partial charge in [0.2, 0.25) is 5.91 Å². The highest BCUT2D eigenvalue weighted by Gasteiger charge is 2.06. The normalized spacial score (nSPS) is 11.5. The molecule has 4 nitrogen and oxygen atoms in total. The molecule has 0 spiro atoms. The van der Waals surface area contributed by atoms with Gasteiger partial charge >= 0.3 is 0 Å². The number of benzene rings is 2. The zero-order chi connectivity index (χ0) is 16.2. The molecule has 0 aliphatic heterocycles. The van der Waals surface area contributed by atoms with Crippen LogP contribution in [0.4, 0.5) is 5.69 Å². The van der Waals surface area contributed by atoms with Gasteiger partial charge in [-0.05, 0) is 48.0 Å². The Kier molecular flexibility index (Phi) is 5.00. The number of hydrogen-bond donors (Lipinski definition) is 1. The fourth-order valence-corrected chi connectivity index (χ4v) is 2.47. The Labute approximate surface area is 134 Å². The van der Waals surface area contributed by atoms with Crippen LogP contribution in [0, 0.1) is 0 Å². The van der Waals surface area contributed by atoms with E-state index in [1.165, 1.54) is 18.2 Å². The zero-order valence-corrected chi connectivity index (χ0v) is 13.4. The highest BCUT2D eigenvalue weighted by Crippen LogP contribution is 2.14. The Morgan fingerprint density at radius 2 is 1.64 bits per heavy atom. The zero-order valence-electron chi connectivity index (χ0n) is 11.8. The molecule has 0 atom stereocenters. The molecule has 0 bridgehead atoms. The van der Waals surface area contributed by atoms with Crippen molar-refractivity contribution in [1.29, 1.82) is 0 Å². The van der Waals surface area contributed by atoms with E-state index >= 15 is 0 Å². The maximum atomic E-state index is 11.8. The third kappa shape index (κ3) is 4.72. The Morgan fingerprint density at radius 3 is 2.18 bits per heavy atom. The van der Waals surface area contributed by atoms with Crippen LogP contribution in [0.2, 0.25) is 5.02 Å². The van der Waals surface area contributed by atoms with Crippen LogP contribution in [-0.2, 0) is 14.6 Å². The van der Waals surface area contributed by atoms with Gasteiger partial charge in [0.25, 0.3) is 0 Å². The van der Waals surface area contributed by atoms with Crippen LogP contribution in [-0.4, -0.2) is 20.6 Å². The van der Waals surface area contributed by atoms with Gasteiger partial charge in [0.1, 0.15) is 0 Å². The predicted molar refractivity (Wildman–Crippen MR) is 88.7 cm³/mol. The smallest absolute Gasteiger partial charge is 0.248 e. The molecule has 0 aliphatic rings. The molecule has 0 fully saturated rings. The minimum Gasteiger partial charge on any atom is -0.323 e. The Bertz CT molecular complexity index is 794. The molecule has 0 saturated carbocycles. The molecule has 1 N–H and O–H groups in total. The number of hydrogen-bond acceptors (Lipinski definition) is 3. The van der Waals surface area contributed by atoms with Crippen LogP contribution in [0.3, 0.4) is 0 Å². The number of sulfone groups is 1. The summed E-state index contributed by atoms with van der Waals surface area (Å²) in [6.07, 6.45) is 4.19. The van der Waals surface area contributed by atoms with Crippen LogP contribution in [0.15, 0.2) is 59.5 Å². The summed E-state index contributed by atoms with van der Waals surface area (Å²) in [5, 5.41) is 3.29. The number of amides is 1. The molecule has 22 heavy (non-hydrogen) atoms. The molecule has 0 radical (unpaired) electrons. The summed E-state index contributed by atoms with van der Waals surface area (Å²) < 4.78 is 22.7. The molecule has 0 aromatic heterocycles. The lowest BCUT2D eigenvalue weighted by molar-refractivity contribution is -0.111. The summed E-state index contributed by atoms with van der Waals surface area (Å²) >= 11 is 5.78. The van der Waals surface area contributed by atoms with Crippen LogP contribution in [0.5, 0.6) is 0 Å². The quantitative estimate of drug-likeness (QED) is 0.871. The highest BCUT2D eigenvalue weighted by atomic mass is 35.5. The maximum absolute atomic E-state index is 11.8. The molecule has 2 aromatic rings. The maximum Gasteiger partial charge on any atom is 0.248 e. The SMILES string of the molecule is CS(=O)(=O)c1ccc(NC(=O)/C=C/c2ccc(Cl)cc2)cc1. The van der Waals surface area contributed by atoms with Crippen molar-refractivity contribution < 1.29 is 13.2 Å². The van der Waals surface area contributed by atoms with Gasteiger partial charge in [-0.3, -0.25) is 4.79 Å². The third-order valence-electron chi connectivity index (χ3n) is 2.85. The number of carbonyl (C=O) groups excluding carboxylic acids is 1. The van der Waals surface area contributed by atoms with Crippen LogP contribution < -0.4 is 5.32 Å². The molecule has 1 amide bonds. The fourth-order valence-electron chi connectivity index (χ4n) is 1.72. The summed E-state index contributed by atoms with van der Waals surface area (Å²) in [6, 6.07) is 13.1. The van der Waals surface area contributed by atoms with Crippen LogP contribution in [0.1, 0.15) is 5.56 Å². The van der Waals surface area contributed by atoms with E-state index in [2.05, 4.69) is 5.32 Å². The second-order valence-electron chi connectivity index (χ2n) is 4.67. The average molecular weight is 336 g/mol. The van der Waals surface area contributed by atoms with Crippen molar-refractivity contribution >= 4 is 39.1 Å². The van der Waals surface area contributed by atoms with Crippen molar-refractivity contribution in [3.63, 3.8) is 0 Å². The molecule has 114 valence electrons. The molecule has 2 rings (SSSR count). The van der Waals surface area contributed by atoms with Crippen LogP contribution in [0.25, 0.3) is 6.08 Å². The summed E-state index contributed by atoms with van der Waals surface area (Å²) in [4.78, 5) is 12.0. The van der Waals surface area contributed by atoms with Gasteiger partial charge in [-0.25, -0.2) is 8.42 Å². The Balaban J connectivity index is 2.01. The van der Waals surface area contributed by atoms with Crippen LogP contribution >= 0.6 is 11.6 Å². The summed E-state index contributed by atoms with van der Waals surface area (Å²) in [5.74, 6) is -0.304. The van der Waals surface area contributed by atoms with E-state index in [9.17, 15) is 13.2 Å². The number of halogens is 1. The second kappa shape index (κ2) is 6.77. The van der Waals surface area contributed by atoms with Gasteiger partial charge in [0, 0.05) is 23.0 Å². The molecule has 2 aromatic carbocycles. The monoisotopic (exact) mass is 335 g/mol. The molecular formula is C16H14ClNO3S. The largest absolute Gasteiger partial charge is 0.323 e. The first-order valence-corrected chi connectivity index (χ1v) is 8.66. The van der Waals surface area contributed by atoms with Gasteiger partial charge in [0.05, 0.1) is 4.90 Å². The summed E-state index contributed by atoms with van der Waals surface area (Å²) in [7, 11) is -3.24. The standard InChI is InChI=1S/C16H14ClNO3S/c1-22(20,21)15-9-7-14(8-10-15)18-16(19)11-4-12-2-5-13(17)6-3-12/h2-11H,1H3,(H,18,19)/b11-4+. The minimum atomic E-state index is -3.24. The van der Waals surface area contributed by atoms with Gasteiger partial charge in [0.15, 0.2) is 9.84 Å². The lowest BCUT2D eigenvalue weighted by Gasteiger charge is -2.03. The highest BCUT2D eigenvalue weighted by molar-refractivity contribution is 7.90. The predicted octanol–water partition coefficient (Wildman–Crippen LogP) is 3.40. The summed E-state index contributed by atoms with van der Waals surface area (Å²) in [5.41, 5.74) is 1.38. The van der Waals surface area contributed by atoms with Crippen molar-refractivity contribution in [2.45, 2.75) is 4.90 Å². The minimum absolute atomic E-state index is 0.210. The Morgan fingerprint density at radius 1 is 1.05 bits per heavy atom. The van der Waals surface area contributed by atoms with Gasteiger partial charge in [-0.2, -0.15) is 0 Å². The first-order chi connectivity index (χ1) is 10.3. The molecule has 0 saturated heterocycles. The number of nitrogens with one attached hydrogen (secondary N) is 1. The topological polar surface area (TPSA) is 63.2 Å². The average Bonchev–Trinajstić information content (AvgIpc) is 2.46. The number of anilines is 1. The molecule has 0 unspecified atom stereocenters. The Hall–Kier alpha value is -2.11. The van der Waals surface area contributed by atoms with E-state index in [1.54, 1.807) is 42.5 Å². The second-order valence-corrected chi connectivity index (χ2v) is 7.12. The van der Waals surface area contributed by atoms with E-state index in [4.69, 9.17) is 11.6 Å². The molecule has 0 heterocycles. The third-order valence-corrected chi connectivity index (χ3v) is 4.23. The van der Waals surface area contributed by atoms with E-state index in [1.807, 2.05) is 0 Å². The summed E-state index contributed by atoms with van der Waals surface area (Å²) in [6.45, 7) is 0. The van der Waals surface area contributed by atoms with Crippen molar-refractivity contribution in [3.05, 3.63) is 65.2 Å². The van der Waals surface area contributed by atoms with Crippen molar-refractivity contribution in [2.24, 2.45) is 0 Å². The molecular weight excluding hydrogens is 322 g/mol. The van der Waals surface area contributed by atoms with Crippen molar-refractivity contribution in [1.82, 2.24) is 0 Å². The lowest BCUT2D eigenvalue weighted by atomic mass is 10.2. The first-order valence-electron chi connectivity index (χ1n) is 6.39. The van der Waals surface area contributed by atoms with Gasteiger partial charge in [-0.15, -0.1) is 0 Å². The fraction of sp³-hybridized carbons (Fsp3) is 0.0625. The molecule has 0 aliphatic carbocycles. The number of rotatable bonds is 4. The first kappa shape index (κ1) is 16.3. The van der Waals surface area contributed by atoms with E-state index in [-0.39, 0.29) is 10.8 Å². The lowest BCUT2D eigenvalue weighted by Crippen LogP contribution is -2.08. The van der Waals surface area contributed by atoms with Gasteiger partial charge < -0.3 is 5.32 Å². The van der Waals surface area contributed by atoms with E-state index < -0.39 is 9.84 Å².